The molecule has 2 aliphatic heterocycles. The summed E-state index contributed by atoms with van der Waals surface area (Å²) in [6, 6.07) is 16.2. The van der Waals surface area contributed by atoms with Crippen molar-refractivity contribution in [3.63, 3.8) is 0 Å². The van der Waals surface area contributed by atoms with E-state index in [1.165, 1.54) is 0 Å². The molecule has 0 saturated carbocycles. The van der Waals surface area contributed by atoms with Gasteiger partial charge in [-0.25, -0.2) is 4.98 Å². The molecule has 8 nitrogen and oxygen atoms in total. The molecule has 2 N–H and O–H groups in total. The summed E-state index contributed by atoms with van der Waals surface area (Å²) >= 11 is 0. The maximum Gasteiger partial charge on any atom is 0.299 e. The minimum absolute atomic E-state index is 0.125. The Morgan fingerprint density at radius 1 is 0.921 bits per heavy atom. The summed E-state index contributed by atoms with van der Waals surface area (Å²) in [5.41, 5.74) is 6.01. The summed E-state index contributed by atoms with van der Waals surface area (Å²) in [6.45, 7) is 4.74. The molecule has 0 unspecified atom stereocenters. The SMILES string of the molecule is Cc1ccc(N2CCCCC2=O)cc1Nc1ncc(-c2cc(-c3ccc[nH]c3=O)cc(N3CCCC3)c2)o1. The zero-order valence-electron chi connectivity index (χ0n) is 21.5. The van der Waals surface area contributed by atoms with Crippen molar-refractivity contribution in [3.05, 3.63) is 76.8 Å². The number of aromatic nitrogens is 2. The van der Waals surface area contributed by atoms with Crippen LogP contribution in [0.1, 0.15) is 37.7 Å². The van der Waals surface area contributed by atoms with E-state index in [9.17, 15) is 9.59 Å². The molecule has 2 fully saturated rings. The molecule has 4 aromatic rings. The molecule has 194 valence electrons. The van der Waals surface area contributed by atoms with Crippen LogP contribution in [0.15, 0.2) is 70.1 Å². The minimum atomic E-state index is -0.125. The number of H-pyrrole nitrogens is 1. The zero-order chi connectivity index (χ0) is 26.1. The highest BCUT2D eigenvalue weighted by molar-refractivity contribution is 5.94. The second kappa shape index (κ2) is 10.2. The molecule has 1 amide bonds. The first-order valence-corrected chi connectivity index (χ1v) is 13.3. The number of hydrogen-bond acceptors (Lipinski definition) is 6. The smallest absolute Gasteiger partial charge is 0.299 e. The van der Waals surface area contributed by atoms with Gasteiger partial charge in [0, 0.05) is 60.4 Å². The number of amides is 1. The fraction of sp³-hybridized carbons (Fsp3) is 0.300. The number of benzene rings is 2. The number of aromatic amines is 1. The largest absolute Gasteiger partial charge is 0.423 e. The summed E-state index contributed by atoms with van der Waals surface area (Å²) in [5.74, 6) is 0.776. The number of aryl methyl sites for hydroxylation is 1. The van der Waals surface area contributed by atoms with E-state index in [2.05, 4.69) is 32.3 Å². The van der Waals surface area contributed by atoms with Crippen molar-refractivity contribution in [2.45, 2.75) is 39.0 Å². The van der Waals surface area contributed by atoms with E-state index >= 15 is 0 Å². The summed E-state index contributed by atoms with van der Waals surface area (Å²) in [5, 5.41) is 3.30. The predicted octanol–water partition coefficient (Wildman–Crippen LogP) is 5.87. The van der Waals surface area contributed by atoms with Crippen molar-refractivity contribution in [2.24, 2.45) is 0 Å². The van der Waals surface area contributed by atoms with Crippen molar-refractivity contribution in [2.75, 3.05) is 34.8 Å². The molecule has 2 aromatic heterocycles. The predicted molar refractivity (Wildman–Crippen MR) is 150 cm³/mol. The molecule has 0 aliphatic carbocycles. The zero-order valence-corrected chi connectivity index (χ0v) is 21.5. The van der Waals surface area contributed by atoms with Gasteiger partial charge in [0.1, 0.15) is 0 Å². The molecule has 2 saturated heterocycles. The fourth-order valence-electron chi connectivity index (χ4n) is 5.29. The van der Waals surface area contributed by atoms with Gasteiger partial charge in [-0.1, -0.05) is 6.07 Å². The van der Waals surface area contributed by atoms with E-state index in [0.717, 1.165) is 79.1 Å². The number of pyridine rings is 1. The molecule has 0 spiro atoms. The summed E-state index contributed by atoms with van der Waals surface area (Å²) < 4.78 is 6.17. The molecule has 2 aliphatic rings. The average Bonchev–Trinajstić information content (AvgIpc) is 3.63. The minimum Gasteiger partial charge on any atom is -0.423 e. The molecular formula is C30H31N5O3. The van der Waals surface area contributed by atoms with Gasteiger partial charge in [-0.2, -0.15) is 0 Å². The van der Waals surface area contributed by atoms with Crippen LogP contribution in [0.2, 0.25) is 0 Å². The highest BCUT2D eigenvalue weighted by Gasteiger charge is 2.21. The standard InChI is InChI=1S/C30H31N5O3/c1-20-9-10-23(35-14-3-2-8-28(35)36)18-26(20)33-30-32-19-27(38-30)22-15-21(25-7-6-11-31-29(25)37)16-24(17-22)34-12-4-5-13-34/h6-7,9-11,15-19H,2-5,8,12-14H2,1H3,(H,31,37)(H,32,33). The van der Waals surface area contributed by atoms with Crippen LogP contribution >= 0.6 is 0 Å². The van der Waals surface area contributed by atoms with Gasteiger partial charge in [-0.15, -0.1) is 0 Å². The van der Waals surface area contributed by atoms with Gasteiger partial charge in [0.2, 0.25) is 5.91 Å². The Morgan fingerprint density at radius 3 is 2.55 bits per heavy atom. The molecule has 0 atom stereocenters. The number of nitrogens with zero attached hydrogens (tertiary/aromatic N) is 3. The van der Waals surface area contributed by atoms with Gasteiger partial charge in [-0.3, -0.25) is 9.59 Å². The average molecular weight is 510 g/mol. The number of piperidine rings is 1. The molecule has 2 aromatic carbocycles. The first-order chi connectivity index (χ1) is 18.5. The number of anilines is 4. The Balaban J connectivity index is 1.32. The molecule has 0 bridgehead atoms. The maximum atomic E-state index is 12.6. The highest BCUT2D eigenvalue weighted by atomic mass is 16.4. The lowest BCUT2D eigenvalue weighted by molar-refractivity contribution is -0.119. The quantitative estimate of drug-likeness (QED) is 0.338. The third-order valence-corrected chi connectivity index (χ3v) is 7.41. The van der Waals surface area contributed by atoms with E-state index in [1.54, 1.807) is 12.4 Å². The number of oxazole rings is 1. The first-order valence-electron chi connectivity index (χ1n) is 13.3. The molecule has 4 heterocycles. The molecule has 8 heteroatoms. The van der Waals surface area contributed by atoms with Crippen LogP contribution in [0.5, 0.6) is 0 Å². The lowest BCUT2D eigenvalue weighted by Gasteiger charge is -2.27. The van der Waals surface area contributed by atoms with Crippen molar-refractivity contribution in [1.82, 2.24) is 9.97 Å². The summed E-state index contributed by atoms with van der Waals surface area (Å²) in [7, 11) is 0. The third kappa shape index (κ3) is 4.81. The van der Waals surface area contributed by atoms with Crippen molar-refractivity contribution in [3.8, 4) is 22.5 Å². The fourth-order valence-corrected chi connectivity index (χ4v) is 5.29. The number of hydrogen-bond donors (Lipinski definition) is 2. The van der Waals surface area contributed by atoms with Crippen LogP contribution in [0.4, 0.5) is 23.1 Å². The second-order valence-electron chi connectivity index (χ2n) is 10.0. The lowest BCUT2D eigenvalue weighted by Crippen LogP contribution is -2.35. The first kappa shape index (κ1) is 24.0. The van der Waals surface area contributed by atoms with Crippen molar-refractivity contribution in [1.29, 1.82) is 0 Å². The summed E-state index contributed by atoms with van der Waals surface area (Å²) in [4.78, 5) is 36.5. The van der Waals surface area contributed by atoms with Gasteiger partial charge in [0.15, 0.2) is 5.76 Å². The van der Waals surface area contributed by atoms with Crippen LogP contribution in [-0.2, 0) is 4.79 Å². The van der Waals surface area contributed by atoms with Crippen LogP contribution in [0.25, 0.3) is 22.5 Å². The Labute approximate surface area is 221 Å². The Morgan fingerprint density at radius 2 is 1.74 bits per heavy atom. The van der Waals surface area contributed by atoms with Gasteiger partial charge in [-0.05, 0) is 86.2 Å². The van der Waals surface area contributed by atoms with E-state index in [0.29, 0.717) is 23.8 Å². The molecule has 6 rings (SSSR count). The molecular weight excluding hydrogens is 478 g/mol. The maximum absolute atomic E-state index is 12.6. The number of rotatable bonds is 6. The lowest BCUT2D eigenvalue weighted by atomic mass is 10.0. The number of carbonyl (C=O) groups is 1. The molecule has 0 radical (unpaired) electrons. The normalized spacial score (nSPS) is 15.8. The Bertz CT molecular complexity index is 1530. The van der Waals surface area contributed by atoms with Gasteiger partial charge in [0.05, 0.1) is 6.20 Å². The summed E-state index contributed by atoms with van der Waals surface area (Å²) in [6.07, 6.45) is 8.21. The third-order valence-electron chi connectivity index (χ3n) is 7.41. The van der Waals surface area contributed by atoms with Gasteiger partial charge in [0.25, 0.3) is 11.6 Å². The van der Waals surface area contributed by atoms with Crippen LogP contribution in [0.3, 0.4) is 0 Å². The van der Waals surface area contributed by atoms with Gasteiger partial charge >= 0.3 is 0 Å². The van der Waals surface area contributed by atoms with Crippen molar-refractivity contribution < 1.29 is 9.21 Å². The van der Waals surface area contributed by atoms with E-state index in [1.807, 2.05) is 48.2 Å². The van der Waals surface area contributed by atoms with Crippen LogP contribution in [-0.4, -0.2) is 35.5 Å². The highest BCUT2D eigenvalue weighted by Crippen LogP contribution is 2.34. The monoisotopic (exact) mass is 509 g/mol. The van der Waals surface area contributed by atoms with E-state index in [4.69, 9.17) is 4.42 Å². The number of carbonyl (C=O) groups excluding carboxylic acids is 1. The Hall–Kier alpha value is -4.33. The van der Waals surface area contributed by atoms with E-state index < -0.39 is 0 Å². The van der Waals surface area contributed by atoms with E-state index in [-0.39, 0.29) is 11.5 Å². The number of nitrogens with one attached hydrogen (secondary N) is 2. The Kier molecular flexibility index (Phi) is 6.45. The second-order valence-corrected chi connectivity index (χ2v) is 10.0. The molecule has 38 heavy (non-hydrogen) atoms. The van der Waals surface area contributed by atoms with Crippen LogP contribution < -0.4 is 20.7 Å². The topological polar surface area (TPSA) is 94.5 Å². The van der Waals surface area contributed by atoms with Gasteiger partial charge < -0.3 is 24.5 Å². The van der Waals surface area contributed by atoms with Crippen molar-refractivity contribution >= 4 is 29.0 Å². The van der Waals surface area contributed by atoms with Crippen LogP contribution in [0, 0.1) is 6.92 Å².